The molecule has 0 spiro atoms. The molecule has 0 bridgehead atoms. The van der Waals surface area contributed by atoms with Gasteiger partial charge in [-0.15, -0.1) is 5.10 Å². The summed E-state index contributed by atoms with van der Waals surface area (Å²) >= 11 is 0. The zero-order valence-electron chi connectivity index (χ0n) is 14.3. The topological polar surface area (TPSA) is 69.0 Å². The highest BCUT2D eigenvalue weighted by Crippen LogP contribution is 2.20. The summed E-state index contributed by atoms with van der Waals surface area (Å²) in [4.78, 5) is 12.4. The summed E-state index contributed by atoms with van der Waals surface area (Å²) in [5.41, 5.74) is 2.00. The Hall–Kier alpha value is -2.37. The maximum atomic E-state index is 12.4. The normalized spacial score (nSPS) is 14.8. The fourth-order valence-corrected chi connectivity index (χ4v) is 3.01. The van der Waals surface area contributed by atoms with E-state index in [4.69, 9.17) is 4.74 Å². The molecule has 0 saturated heterocycles. The number of ether oxygens (including phenoxy) is 1. The SMILES string of the molecule is CCCOc1ccc(-n2nnc(C(=O)NC3CCCC3)c2C)cc1. The lowest BCUT2D eigenvalue weighted by molar-refractivity contribution is 0.0932. The average Bonchev–Trinajstić information content (AvgIpc) is 3.23. The number of nitrogens with zero attached hydrogens (tertiary/aromatic N) is 3. The zero-order valence-corrected chi connectivity index (χ0v) is 14.3. The van der Waals surface area contributed by atoms with Crippen molar-refractivity contribution in [2.24, 2.45) is 0 Å². The van der Waals surface area contributed by atoms with Gasteiger partial charge in [0.2, 0.25) is 0 Å². The smallest absolute Gasteiger partial charge is 0.273 e. The summed E-state index contributed by atoms with van der Waals surface area (Å²) in [6.07, 6.45) is 5.45. The first-order valence-corrected chi connectivity index (χ1v) is 8.65. The van der Waals surface area contributed by atoms with E-state index in [1.54, 1.807) is 4.68 Å². The number of aromatic nitrogens is 3. The second kappa shape index (κ2) is 7.47. The van der Waals surface area contributed by atoms with Gasteiger partial charge in [-0.05, 0) is 50.5 Å². The van der Waals surface area contributed by atoms with Gasteiger partial charge >= 0.3 is 0 Å². The Morgan fingerprint density at radius 3 is 2.67 bits per heavy atom. The van der Waals surface area contributed by atoms with Crippen LogP contribution >= 0.6 is 0 Å². The Labute approximate surface area is 142 Å². The van der Waals surface area contributed by atoms with E-state index < -0.39 is 0 Å². The van der Waals surface area contributed by atoms with Gasteiger partial charge in [-0.2, -0.15) is 0 Å². The number of rotatable bonds is 6. The van der Waals surface area contributed by atoms with Crippen molar-refractivity contribution in [3.63, 3.8) is 0 Å². The first kappa shape index (κ1) is 16.5. The lowest BCUT2D eigenvalue weighted by Gasteiger charge is -2.10. The zero-order chi connectivity index (χ0) is 16.9. The summed E-state index contributed by atoms with van der Waals surface area (Å²) in [7, 11) is 0. The van der Waals surface area contributed by atoms with Crippen molar-refractivity contribution in [3.05, 3.63) is 35.7 Å². The second-order valence-corrected chi connectivity index (χ2v) is 6.23. The predicted molar refractivity (Wildman–Crippen MR) is 91.6 cm³/mol. The van der Waals surface area contributed by atoms with Crippen LogP contribution in [0.2, 0.25) is 0 Å². The summed E-state index contributed by atoms with van der Waals surface area (Å²) in [6, 6.07) is 7.93. The Bertz CT molecular complexity index is 688. The van der Waals surface area contributed by atoms with Crippen molar-refractivity contribution in [3.8, 4) is 11.4 Å². The fourth-order valence-electron chi connectivity index (χ4n) is 3.01. The van der Waals surface area contributed by atoms with E-state index in [1.165, 1.54) is 12.8 Å². The van der Waals surface area contributed by atoms with Gasteiger partial charge in [-0.25, -0.2) is 4.68 Å². The molecule has 1 aromatic heterocycles. The minimum absolute atomic E-state index is 0.131. The lowest BCUT2D eigenvalue weighted by Crippen LogP contribution is -2.33. The van der Waals surface area contributed by atoms with Crippen LogP contribution in [0.1, 0.15) is 55.2 Å². The molecule has 0 atom stereocenters. The van der Waals surface area contributed by atoms with Crippen molar-refractivity contribution in [1.29, 1.82) is 0 Å². The molecule has 2 aromatic rings. The molecule has 24 heavy (non-hydrogen) atoms. The number of nitrogens with one attached hydrogen (secondary N) is 1. The quantitative estimate of drug-likeness (QED) is 0.885. The largest absolute Gasteiger partial charge is 0.494 e. The number of hydrogen-bond donors (Lipinski definition) is 1. The molecule has 0 radical (unpaired) electrons. The van der Waals surface area contributed by atoms with Crippen molar-refractivity contribution in [2.45, 2.75) is 52.0 Å². The third-order valence-electron chi connectivity index (χ3n) is 4.35. The Balaban J connectivity index is 1.72. The number of benzene rings is 1. The highest BCUT2D eigenvalue weighted by atomic mass is 16.5. The highest BCUT2D eigenvalue weighted by molar-refractivity contribution is 5.93. The highest BCUT2D eigenvalue weighted by Gasteiger charge is 2.22. The summed E-state index contributed by atoms with van der Waals surface area (Å²) in [6.45, 7) is 4.64. The van der Waals surface area contributed by atoms with Crippen molar-refractivity contribution < 1.29 is 9.53 Å². The summed E-state index contributed by atoms with van der Waals surface area (Å²) in [5.74, 6) is 0.700. The van der Waals surface area contributed by atoms with Gasteiger partial charge in [-0.3, -0.25) is 4.79 Å². The maximum absolute atomic E-state index is 12.4. The molecule has 1 heterocycles. The van der Waals surface area contributed by atoms with E-state index in [-0.39, 0.29) is 11.9 Å². The molecule has 6 heteroatoms. The Kier molecular flexibility index (Phi) is 5.13. The monoisotopic (exact) mass is 328 g/mol. The van der Waals surface area contributed by atoms with Gasteiger partial charge in [0, 0.05) is 6.04 Å². The van der Waals surface area contributed by atoms with Gasteiger partial charge < -0.3 is 10.1 Å². The van der Waals surface area contributed by atoms with Crippen LogP contribution < -0.4 is 10.1 Å². The summed E-state index contributed by atoms with van der Waals surface area (Å²) < 4.78 is 7.27. The molecule has 1 aliphatic carbocycles. The van der Waals surface area contributed by atoms with E-state index in [9.17, 15) is 4.79 Å². The van der Waals surface area contributed by atoms with Crippen molar-refractivity contribution in [2.75, 3.05) is 6.61 Å². The van der Waals surface area contributed by atoms with Crippen LogP contribution in [0, 0.1) is 6.92 Å². The lowest BCUT2D eigenvalue weighted by atomic mass is 10.2. The van der Waals surface area contributed by atoms with Crippen LogP contribution in [0.4, 0.5) is 0 Å². The minimum Gasteiger partial charge on any atom is -0.494 e. The van der Waals surface area contributed by atoms with Crippen LogP contribution in [-0.4, -0.2) is 33.5 Å². The average molecular weight is 328 g/mol. The fraction of sp³-hybridized carbons (Fsp3) is 0.500. The van der Waals surface area contributed by atoms with Gasteiger partial charge in [-0.1, -0.05) is 25.0 Å². The van der Waals surface area contributed by atoms with E-state index in [2.05, 4.69) is 22.6 Å². The molecule has 128 valence electrons. The van der Waals surface area contributed by atoms with Crippen LogP contribution in [0.25, 0.3) is 5.69 Å². The van der Waals surface area contributed by atoms with Crippen molar-refractivity contribution in [1.82, 2.24) is 20.3 Å². The van der Waals surface area contributed by atoms with Gasteiger partial charge in [0.25, 0.3) is 5.91 Å². The molecule has 1 amide bonds. The Morgan fingerprint density at radius 1 is 1.29 bits per heavy atom. The third-order valence-corrected chi connectivity index (χ3v) is 4.35. The molecule has 1 aromatic carbocycles. The minimum atomic E-state index is -0.131. The second-order valence-electron chi connectivity index (χ2n) is 6.23. The van der Waals surface area contributed by atoms with E-state index >= 15 is 0 Å². The van der Waals surface area contributed by atoms with Crippen LogP contribution in [0.3, 0.4) is 0 Å². The molecule has 1 N–H and O–H groups in total. The molecule has 0 unspecified atom stereocenters. The Morgan fingerprint density at radius 2 is 2.00 bits per heavy atom. The summed E-state index contributed by atoms with van der Waals surface area (Å²) in [5, 5.41) is 11.3. The van der Waals surface area contributed by atoms with Crippen LogP contribution in [0.5, 0.6) is 5.75 Å². The predicted octanol–water partition coefficient (Wildman–Crippen LogP) is 3.04. The van der Waals surface area contributed by atoms with E-state index in [0.717, 1.165) is 36.4 Å². The van der Waals surface area contributed by atoms with Gasteiger partial charge in [0.15, 0.2) is 5.69 Å². The number of hydrogen-bond acceptors (Lipinski definition) is 4. The van der Waals surface area contributed by atoms with Gasteiger partial charge in [0.1, 0.15) is 5.75 Å². The first-order chi connectivity index (χ1) is 11.7. The molecular weight excluding hydrogens is 304 g/mol. The third kappa shape index (κ3) is 3.58. The number of amides is 1. The molecule has 1 fully saturated rings. The molecule has 3 rings (SSSR count). The number of carbonyl (C=O) groups excluding carboxylic acids is 1. The maximum Gasteiger partial charge on any atom is 0.273 e. The molecule has 1 aliphatic rings. The molecule has 0 aliphatic heterocycles. The van der Waals surface area contributed by atoms with Crippen LogP contribution in [0.15, 0.2) is 24.3 Å². The molecule has 1 saturated carbocycles. The van der Waals surface area contributed by atoms with E-state index in [1.807, 2.05) is 31.2 Å². The first-order valence-electron chi connectivity index (χ1n) is 8.65. The molecular formula is C18H24N4O2. The van der Waals surface area contributed by atoms with Crippen LogP contribution in [-0.2, 0) is 0 Å². The van der Waals surface area contributed by atoms with E-state index in [0.29, 0.717) is 12.3 Å². The molecule has 6 nitrogen and oxygen atoms in total. The standard InChI is InChI=1S/C18H24N4O2/c1-3-12-24-16-10-8-15(9-11-16)22-13(2)17(20-21-22)18(23)19-14-6-4-5-7-14/h8-11,14H,3-7,12H2,1-2H3,(H,19,23). The van der Waals surface area contributed by atoms with Gasteiger partial charge in [0.05, 0.1) is 18.0 Å². The van der Waals surface area contributed by atoms with Crippen molar-refractivity contribution >= 4 is 5.91 Å². The number of carbonyl (C=O) groups is 1.